The van der Waals surface area contributed by atoms with Gasteiger partial charge in [-0.25, -0.2) is 4.90 Å². The van der Waals surface area contributed by atoms with E-state index < -0.39 is 5.91 Å². The molecule has 0 fully saturated rings. The molecule has 0 spiro atoms. The lowest BCUT2D eigenvalue weighted by Crippen LogP contribution is -2.32. The van der Waals surface area contributed by atoms with Crippen molar-refractivity contribution in [2.24, 2.45) is 0 Å². The van der Waals surface area contributed by atoms with Gasteiger partial charge in [0.2, 0.25) is 0 Å². The number of nitrogens with one attached hydrogen (secondary N) is 1. The number of ether oxygens (including phenoxy) is 2. The number of anilines is 2. The Kier molecular flexibility index (Phi) is 6.16. The number of hydrogen-bond acceptors (Lipinski definition) is 5. The molecule has 0 aromatic heterocycles. The van der Waals surface area contributed by atoms with Crippen LogP contribution in [0, 0.1) is 27.7 Å². The van der Waals surface area contributed by atoms with Crippen molar-refractivity contribution >= 4 is 28.8 Å². The molecular weight excluding hydrogens is 428 g/mol. The van der Waals surface area contributed by atoms with E-state index in [1.807, 2.05) is 58.0 Å². The SMILES string of the molecule is COc1cc(NC2=C(c3ccc(C)c(C)c3)C(=O)N(c3ccc(C)c(C)c3)C2=O)cc(OC)c1. The van der Waals surface area contributed by atoms with Crippen LogP contribution in [0.1, 0.15) is 27.8 Å². The summed E-state index contributed by atoms with van der Waals surface area (Å²) in [5.41, 5.74) is 6.59. The number of aryl methyl sites for hydroxylation is 4. The van der Waals surface area contributed by atoms with Crippen molar-refractivity contribution in [3.8, 4) is 11.5 Å². The highest BCUT2D eigenvalue weighted by Gasteiger charge is 2.40. The maximum atomic E-state index is 13.7. The quantitative estimate of drug-likeness (QED) is 0.508. The van der Waals surface area contributed by atoms with Crippen LogP contribution in [0.25, 0.3) is 5.57 Å². The van der Waals surface area contributed by atoms with Gasteiger partial charge in [0.05, 0.1) is 25.5 Å². The Morgan fingerprint density at radius 3 is 1.82 bits per heavy atom. The topological polar surface area (TPSA) is 67.9 Å². The lowest BCUT2D eigenvalue weighted by Gasteiger charge is -2.17. The lowest BCUT2D eigenvalue weighted by atomic mass is 9.99. The van der Waals surface area contributed by atoms with Crippen molar-refractivity contribution in [1.82, 2.24) is 0 Å². The fourth-order valence-corrected chi connectivity index (χ4v) is 3.93. The third-order valence-corrected chi connectivity index (χ3v) is 6.25. The van der Waals surface area contributed by atoms with E-state index in [9.17, 15) is 9.59 Å². The number of nitrogens with zero attached hydrogens (tertiary/aromatic N) is 1. The van der Waals surface area contributed by atoms with E-state index in [0.717, 1.165) is 22.3 Å². The molecule has 1 aliphatic heterocycles. The summed E-state index contributed by atoms with van der Waals surface area (Å²) < 4.78 is 10.7. The molecule has 174 valence electrons. The predicted molar refractivity (Wildman–Crippen MR) is 134 cm³/mol. The van der Waals surface area contributed by atoms with E-state index in [0.29, 0.717) is 34.0 Å². The van der Waals surface area contributed by atoms with Gasteiger partial charge in [-0.15, -0.1) is 0 Å². The molecule has 4 rings (SSSR count). The number of carbonyl (C=O) groups is 2. The van der Waals surface area contributed by atoms with E-state index in [1.165, 1.54) is 4.90 Å². The van der Waals surface area contributed by atoms with Crippen molar-refractivity contribution in [2.45, 2.75) is 27.7 Å². The maximum absolute atomic E-state index is 13.7. The zero-order chi connectivity index (χ0) is 24.6. The summed E-state index contributed by atoms with van der Waals surface area (Å²) in [6.07, 6.45) is 0. The number of rotatable bonds is 6. The number of carbonyl (C=O) groups excluding carboxylic acids is 2. The normalized spacial score (nSPS) is 13.5. The summed E-state index contributed by atoms with van der Waals surface area (Å²) >= 11 is 0. The van der Waals surface area contributed by atoms with Gasteiger partial charge in [-0.2, -0.15) is 0 Å². The zero-order valence-corrected chi connectivity index (χ0v) is 20.3. The molecule has 3 aromatic rings. The third-order valence-electron chi connectivity index (χ3n) is 6.25. The molecule has 1 aliphatic rings. The van der Waals surface area contributed by atoms with Crippen molar-refractivity contribution in [3.63, 3.8) is 0 Å². The number of benzene rings is 3. The average Bonchev–Trinajstić information content (AvgIpc) is 3.06. The van der Waals surface area contributed by atoms with Crippen LogP contribution in [0.4, 0.5) is 11.4 Å². The number of imide groups is 1. The molecule has 0 unspecified atom stereocenters. The van der Waals surface area contributed by atoms with Crippen LogP contribution in [-0.4, -0.2) is 26.0 Å². The largest absolute Gasteiger partial charge is 0.497 e. The second-order valence-electron chi connectivity index (χ2n) is 8.49. The van der Waals surface area contributed by atoms with Crippen LogP contribution in [0.15, 0.2) is 60.3 Å². The molecule has 0 aliphatic carbocycles. The molecule has 0 bridgehead atoms. The van der Waals surface area contributed by atoms with Crippen LogP contribution < -0.4 is 19.7 Å². The van der Waals surface area contributed by atoms with Gasteiger partial charge < -0.3 is 14.8 Å². The van der Waals surface area contributed by atoms with Crippen LogP contribution in [0.3, 0.4) is 0 Å². The van der Waals surface area contributed by atoms with Crippen molar-refractivity contribution in [3.05, 3.63) is 88.1 Å². The van der Waals surface area contributed by atoms with E-state index >= 15 is 0 Å². The van der Waals surface area contributed by atoms with Gasteiger partial charge in [0.15, 0.2) is 0 Å². The Bertz CT molecular complexity index is 1320. The molecular formula is C28H28N2O4. The van der Waals surface area contributed by atoms with Crippen LogP contribution in [0.2, 0.25) is 0 Å². The van der Waals surface area contributed by atoms with Gasteiger partial charge >= 0.3 is 0 Å². The number of methoxy groups -OCH3 is 2. The van der Waals surface area contributed by atoms with Crippen LogP contribution in [0.5, 0.6) is 11.5 Å². The Morgan fingerprint density at radius 1 is 0.676 bits per heavy atom. The Labute approximate surface area is 199 Å². The maximum Gasteiger partial charge on any atom is 0.282 e. The Morgan fingerprint density at radius 2 is 1.26 bits per heavy atom. The summed E-state index contributed by atoms with van der Waals surface area (Å²) in [5, 5.41) is 3.19. The smallest absolute Gasteiger partial charge is 0.282 e. The summed E-state index contributed by atoms with van der Waals surface area (Å²) in [5.74, 6) is 0.355. The minimum Gasteiger partial charge on any atom is -0.497 e. The molecule has 1 heterocycles. The van der Waals surface area contributed by atoms with E-state index in [4.69, 9.17) is 9.47 Å². The molecule has 6 heteroatoms. The third kappa shape index (κ3) is 4.15. The molecule has 34 heavy (non-hydrogen) atoms. The standard InChI is InChI=1S/C28H28N2O4/c1-16-7-9-20(11-18(16)3)25-26(29-21-13-23(33-5)15-24(14-21)34-6)28(32)30(27(25)31)22-10-8-17(2)19(4)12-22/h7-15,29H,1-6H3. The Balaban J connectivity index is 1.86. The summed E-state index contributed by atoms with van der Waals surface area (Å²) in [4.78, 5) is 28.6. The van der Waals surface area contributed by atoms with Crippen LogP contribution in [-0.2, 0) is 9.59 Å². The highest BCUT2D eigenvalue weighted by Crippen LogP contribution is 2.36. The number of amides is 2. The van der Waals surface area contributed by atoms with Gasteiger partial charge in [0, 0.05) is 23.9 Å². The van der Waals surface area contributed by atoms with Crippen molar-refractivity contribution in [2.75, 3.05) is 24.4 Å². The van der Waals surface area contributed by atoms with Gasteiger partial charge in [0.25, 0.3) is 11.8 Å². The molecule has 0 saturated heterocycles. The summed E-state index contributed by atoms with van der Waals surface area (Å²) in [6.45, 7) is 7.96. The number of hydrogen-bond donors (Lipinski definition) is 1. The molecule has 1 N–H and O–H groups in total. The zero-order valence-electron chi connectivity index (χ0n) is 20.3. The van der Waals surface area contributed by atoms with Gasteiger partial charge in [-0.1, -0.05) is 24.3 Å². The predicted octanol–water partition coefficient (Wildman–Crippen LogP) is 5.33. The van der Waals surface area contributed by atoms with Crippen molar-refractivity contribution < 1.29 is 19.1 Å². The van der Waals surface area contributed by atoms with Crippen molar-refractivity contribution in [1.29, 1.82) is 0 Å². The van der Waals surface area contributed by atoms with Gasteiger partial charge in [-0.05, 0) is 67.6 Å². The molecule has 0 radical (unpaired) electrons. The molecule has 0 saturated carbocycles. The van der Waals surface area contributed by atoms with E-state index in [-0.39, 0.29) is 11.6 Å². The Hall–Kier alpha value is -4.06. The lowest BCUT2D eigenvalue weighted by molar-refractivity contribution is -0.120. The van der Waals surface area contributed by atoms with Gasteiger partial charge in [-0.3, -0.25) is 9.59 Å². The summed E-state index contributed by atoms with van der Waals surface area (Å²) in [6, 6.07) is 16.6. The second-order valence-corrected chi connectivity index (χ2v) is 8.49. The molecule has 6 nitrogen and oxygen atoms in total. The molecule has 2 amide bonds. The second kappa shape index (κ2) is 9.06. The monoisotopic (exact) mass is 456 g/mol. The minimum atomic E-state index is -0.414. The average molecular weight is 457 g/mol. The van der Waals surface area contributed by atoms with E-state index in [2.05, 4.69) is 5.32 Å². The fraction of sp³-hybridized carbons (Fsp3) is 0.214. The highest BCUT2D eigenvalue weighted by atomic mass is 16.5. The first-order valence-electron chi connectivity index (χ1n) is 11.0. The minimum absolute atomic E-state index is 0.210. The first kappa shape index (κ1) is 23.1. The fourth-order valence-electron chi connectivity index (χ4n) is 3.93. The van der Waals surface area contributed by atoms with Gasteiger partial charge in [0.1, 0.15) is 17.2 Å². The first-order valence-corrected chi connectivity index (χ1v) is 11.0. The van der Waals surface area contributed by atoms with E-state index in [1.54, 1.807) is 38.5 Å². The van der Waals surface area contributed by atoms with Crippen LogP contribution >= 0.6 is 0 Å². The molecule has 0 atom stereocenters. The summed E-state index contributed by atoms with van der Waals surface area (Å²) in [7, 11) is 3.12. The first-order chi connectivity index (χ1) is 16.2. The molecule has 3 aromatic carbocycles. The highest BCUT2D eigenvalue weighted by molar-refractivity contribution is 6.46.